The minimum atomic E-state index is -0.634. The van der Waals surface area contributed by atoms with Crippen molar-refractivity contribution >= 4 is 28.7 Å². The smallest absolute Gasteiger partial charge is 0.326 e. The summed E-state index contributed by atoms with van der Waals surface area (Å²) in [5, 5.41) is 14.7. The van der Waals surface area contributed by atoms with Gasteiger partial charge in [-0.15, -0.1) is 0 Å². The molecule has 3 heterocycles. The average Bonchev–Trinajstić information content (AvgIpc) is 3.43. The number of rotatable bonds is 10. The van der Waals surface area contributed by atoms with Gasteiger partial charge in [0.2, 0.25) is 0 Å². The minimum Gasteiger partial charge on any atom is -0.465 e. The number of anilines is 1. The van der Waals surface area contributed by atoms with Crippen molar-refractivity contribution in [2.75, 3.05) is 38.1 Å². The Kier molecular flexibility index (Phi) is 10.3. The highest BCUT2D eigenvalue weighted by molar-refractivity contribution is 5.91. The van der Waals surface area contributed by atoms with Crippen molar-refractivity contribution in [3.05, 3.63) is 100.0 Å². The number of urea groups is 1. The van der Waals surface area contributed by atoms with Crippen LogP contribution in [0.15, 0.2) is 77.6 Å². The summed E-state index contributed by atoms with van der Waals surface area (Å²) >= 11 is 0. The van der Waals surface area contributed by atoms with Crippen LogP contribution in [0.2, 0.25) is 0 Å². The Morgan fingerprint density at radius 1 is 0.979 bits per heavy atom. The van der Waals surface area contributed by atoms with E-state index in [0.717, 1.165) is 60.2 Å². The number of amides is 2. The molecule has 1 aromatic heterocycles. The molecule has 248 valence electrons. The first-order chi connectivity index (χ1) is 22.9. The van der Waals surface area contributed by atoms with E-state index in [1.54, 1.807) is 19.1 Å². The summed E-state index contributed by atoms with van der Waals surface area (Å²) in [6.45, 7) is 4.12. The van der Waals surface area contributed by atoms with Crippen LogP contribution in [0, 0.1) is 0 Å². The van der Waals surface area contributed by atoms with Crippen LogP contribution < -0.4 is 16.3 Å². The Morgan fingerprint density at radius 3 is 2.43 bits per heavy atom. The zero-order valence-electron chi connectivity index (χ0n) is 26.4. The number of nitrogens with zero attached hydrogens (tertiary/aromatic N) is 2. The summed E-state index contributed by atoms with van der Waals surface area (Å²) in [6.07, 6.45) is 1.42. The number of aliphatic hydroxyl groups excluding tert-OH is 1. The Labute approximate surface area is 272 Å². The summed E-state index contributed by atoms with van der Waals surface area (Å²) in [4.78, 5) is 41.9. The normalized spacial score (nSPS) is 20.6. The topological polar surface area (TPSA) is 147 Å². The number of hydrogen-bond donors (Lipinski definition) is 4. The largest absolute Gasteiger partial charge is 0.465 e. The predicted molar refractivity (Wildman–Crippen MR) is 176 cm³/mol. The van der Waals surface area contributed by atoms with E-state index in [1.165, 1.54) is 0 Å². The molecule has 3 aromatic carbocycles. The maximum absolute atomic E-state index is 12.8. The molecule has 2 aliphatic heterocycles. The van der Waals surface area contributed by atoms with E-state index >= 15 is 0 Å². The number of ether oxygens (including phenoxy) is 3. The summed E-state index contributed by atoms with van der Waals surface area (Å²) in [6, 6.07) is 22.5. The van der Waals surface area contributed by atoms with Gasteiger partial charge in [0.1, 0.15) is 6.54 Å². The van der Waals surface area contributed by atoms with E-state index in [9.17, 15) is 19.5 Å². The van der Waals surface area contributed by atoms with Crippen molar-refractivity contribution in [2.45, 2.75) is 57.3 Å². The number of piperidine rings is 1. The number of aromatic amines is 1. The van der Waals surface area contributed by atoms with E-state index in [0.29, 0.717) is 12.1 Å². The van der Waals surface area contributed by atoms with Gasteiger partial charge >= 0.3 is 17.7 Å². The highest BCUT2D eigenvalue weighted by atomic mass is 16.7. The summed E-state index contributed by atoms with van der Waals surface area (Å²) in [7, 11) is 0. The fourth-order valence-electron chi connectivity index (χ4n) is 6.38. The van der Waals surface area contributed by atoms with Crippen LogP contribution in [0.25, 0.3) is 11.0 Å². The first-order valence-corrected chi connectivity index (χ1v) is 16.1. The number of likely N-dealkylation sites (tertiary alicyclic amines) is 1. The molecule has 47 heavy (non-hydrogen) atoms. The predicted octanol–water partition coefficient (Wildman–Crippen LogP) is 4.39. The maximum atomic E-state index is 12.8. The summed E-state index contributed by atoms with van der Waals surface area (Å²) in [5.74, 6) is -0.506. The molecule has 2 saturated heterocycles. The lowest BCUT2D eigenvalue weighted by atomic mass is 9.98. The number of benzene rings is 3. The second-order valence-electron chi connectivity index (χ2n) is 11.9. The van der Waals surface area contributed by atoms with E-state index in [1.807, 2.05) is 65.2 Å². The van der Waals surface area contributed by atoms with Crippen molar-refractivity contribution in [2.24, 2.45) is 0 Å². The third kappa shape index (κ3) is 7.91. The van der Waals surface area contributed by atoms with Gasteiger partial charge < -0.3 is 39.8 Å². The Hall–Kier alpha value is -4.49. The number of carbonyl (C=O) groups is 2. The molecular formula is C35H41N5O7. The second-order valence-corrected chi connectivity index (χ2v) is 11.9. The SMILES string of the molecule is CCOC(=O)CNC(=O)Nc1ccc([C@H]2O[C@@H](CN3CCC(n4c(=O)[nH]c5ccccc54)CC3)C[C@@H](c3ccc(CO)cc3)O2)cc1. The first-order valence-electron chi connectivity index (χ1n) is 16.1. The van der Waals surface area contributed by atoms with E-state index in [2.05, 4.69) is 20.5 Å². The van der Waals surface area contributed by atoms with Gasteiger partial charge in [0.15, 0.2) is 6.29 Å². The number of fused-ring (bicyclic) bond motifs is 1. The van der Waals surface area contributed by atoms with Gasteiger partial charge in [-0.1, -0.05) is 48.5 Å². The van der Waals surface area contributed by atoms with Crippen LogP contribution in [0.1, 0.15) is 61.3 Å². The zero-order valence-corrected chi connectivity index (χ0v) is 26.4. The van der Waals surface area contributed by atoms with Gasteiger partial charge in [0, 0.05) is 43.3 Å². The first kappa shape index (κ1) is 32.5. The molecule has 3 atom stereocenters. The van der Waals surface area contributed by atoms with Gasteiger partial charge in [0.05, 0.1) is 36.5 Å². The van der Waals surface area contributed by atoms with Gasteiger partial charge in [-0.25, -0.2) is 9.59 Å². The molecule has 0 spiro atoms. The van der Waals surface area contributed by atoms with Crippen LogP contribution in [0.4, 0.5) is 10.5 Å². The average molecular weight is 644 g/mol. The number of aromatic nitrogens is 2. The summed E-state index contributed by atoms with van der Waals surface area (Å²) in [5.41, 5.74) is 4.95. The third-order valence-corrected chi connectivity index (χ3v) is 8.76. The Morgan fingerprint density at radius 2 is 1.70 bits per heavy atom. The van der Waals surface area contributed by atoms with Crippen molar-refractivity contribution in [1.82, 2.24) is 19.8 Å². The second kappa shape index (κ2) is 14.9. The molecular weight excluding hydrogens is 602 g/mol. The number of hydrogen-bond acceptors (Lipinski definition) is 8. The molecule has 0 radical (unpaired) electrons. The van der Waals surface area contributed by atoms with E-state index < -0.39 is 18.3 Å². The van der Waals surface area contributed by atoms with Crippen LogP contribution >= 0.6 is 0 Å². The molecule has 4 N–H and O–H groups in total. The van der Waals surface area contributed by atoms with Gasteiger partial charge in [-0.2, -0.15) is 0 Å². The number of esters is 1. The van der Waals surface area contributed by atoms with E-state index in [4.69, 9.17) is 14.2 Å². The van der Waals surface area contributed by atoms with Gasteiger partial charge in [-0.05, 0) is 55.2 Å². The van der Waals surface area contributed by atoms with Crippen LogP contribution in [-0.4, -0.2) is 70.4 Å². The van der Waals surface area contributed by atoms with Gasteiger partial charge in [0.25, 0.3) is 0 Å². The molecule has 2 aliphatic rings. The minimum absolute atomic E-state index is 0.0258. The van der Waals surface area contributed by atoms with Crippen molar-refractivity contribution in [1.29, 1.82) is 0 Å². The number of imidazole rings is 1. The maximum Gasteiger partial charge on any atom is 0.326 e. The highest BCUT2D eigenvalue weighted by Gasteiger charge is 2.34. The quantitative estimate of drug-likeness (QED) is 0.186. The molecule has 12 heteroatoms. The Balaban J connectivity index is 1.11. The van der Waals surface area contributed by atoms with Crippen LogP contribution in [0.3, 0.4) is 0 Å². The number of para-hydroxylation sites is 2. The molecule has 0 bridgehead atoms. The number of aliphatic hydroxyl groups is 1. The lowest BCUT2D eigenvalue weighted by molar-refractivity contribution is -0.253. The van der Waals surface area contributed by atoms with Crippen molar-refractivity contribution in [3.63, 3.8) is 0 Å². The Bertz CT molecular complexity index is 1710. The zero-order chi connectivity index (χ0) is 32.8. The lowest BCUT2D eigenvalue weighted by Gasteiger charge is -2.40. The standard InChI is InChI=1S/C35H41N5O7/c1-2-45-32(42)20-36-34(43)37-26-13-11-25(12-14-26)33-46-28(19-31(47-33)24-9-7-23(22-41)8-10-24)21-39-17-15-27(16-18-39)40-30-6-4-3-5-29(30)38-35(40)44/h3-14,27-28,31,33,41H,2,15-22H2,1H3,(H,38,44)(H2,36,37,43)/t28-,31+,33+/m1/s1. The van der Waals surface area contributed by atoms with Crippen LogP contribution in [-0.2, 0) is 25.6 Å². The van der Waals surface area contributed by atoms with Crippen molar-refractivity contribution < 1.29 is 28.9 Å². The summed E-state index contributed by atoms with van der Waals surface area (Å²) < 4.78 is 19.8. The highest BCUT2D eigenvalue weighted by Crippen LogP contribution is 2.39. The van der Waals surface area contributed by atoms with Crippen molar-refractivity contribution in [3.8, 4) is 0 Å². The third-order valence-electron chi connectivity index (χ3n) is 8.76. The molecule has 6 rings (SSSR count). The fourth-order valence-corrected chi connectivity index (χ4v) is 6.38. The monoisotopic (exact) mass is 643 g/mol. The lowest BCUT2D eigenvalue weighted by Crippen LogP contribution is -2.43. The molecule has 0 aliphatic carbocycles. The van der Waals surface area contributed by atoms with Gasteiger partial charge in [-0.3, -0.25) is 9.36 Å². The number of H-pyrrole nitrogens is 1. The molecule has 0 unspecified atom stereocenters. The molecule has 0 saturated carbocycles. The number of carbonyl (C=O) groups excluding carboxylic acids is 2. The van der Waals surface area contributed by atoms with Crippen LogP contribution in [0.5, 0.6) is 0 Å². The molecule has 2 amide bonds. The molecule has 4 aromatic rings. The fraction of sp³-hybridized carbons (Fsp3) is 0.400. The molecule has 2 fully saturated rings. The number of nitrogens with one attached hydrogen (secondary N) is 3. The van der Waals surface area contributed by atoms with E-state index in [-0.39, 0.29) is 43.7 Å². The molecule has 12 nitrogen and oxygen atoms in total.